The largest absolute Gasteiger partial charge is 0.463 e. The van der Waals surface area contributed by atoms with Gasteiger partial charge in [-0.25, -0.2) is 13.0 Å². The van der Waals surface area contributed by atoms with Gasteiger partial charge in [-0.1, -0.05) is 0 Å². The normalized spacial score (nSPS) is 20.6. The molecule has 1 aliphatic rings. The van der Waals surface area contributed by atoms with Gasteiger partial charge in [-0.05, 0) is 65.9 Å². The zero-order valence-electron chi connectivity index (χ0n) is 14.4. The van der Waals surface area contributed by atoms with Crippen LogP contribution < -0.4 is 4.72 Å². The van der Waals surface area contributed by atoms with Crippen LogP contribution in [-0.4, -0.2) is 27.5 Å². The summed E-state index contributed by atoms with van der Waals surface area (Å²) in [4.78, 5) is 11.9. The summed E-state index contributed by atoms with van der Waals surface area (Å²) in [6.07, 6.45) is -1.11. The number of hydrogen-bond donors (Lipinski definition) is 1. The maximum Gasteiger partial charge on any atom is 0.309 e. The van der Waals surface area contributed by atoms with Crippen molar-refractivity contribution in [1.82, 2.24) is 4.72 Å². The lowest BCUT2D eigenvalue weighted by molar-refractivity contribution is -0.153. The maximum absolute atomic E-state index is 13.3. The fourth-order valence-corrected chi connectivity index (χ4v) is 3.06. The minimum Gasteiger partial charge on any atom is -0.463 e. The van der Waals surface area contributed by atoms with Gasteiger partial charge in [0.2, 0.25) is 0 Å². The third kappa shape index (κ3) is 6.20. The Hall–Kier alpha value is -0.980. The van der Waals surface area contributed by atoms with E-state index in [0.717, 1.165) is 0 Å². The SMILES string of the molecule is CC(C)OC(=O)C1CCC(=C(NS(=O)C(C)(C)C)C(F)F)CC1. The van der Waals surface area contributed by atoms with E-state index in [1.165, 1.54) is 0 Å². The number of rotatable bonds is 5. The minimum absolute atomic E-state index is 0.174. The van der Waals surface area contributed by atoms with Crippen molar-refractivity contribution in [3.63, 3.8) is 0 Å². The van der Waals surface area contributed by atoms with E-state index in [4.69, 9.17) is 4.74 Å². The molecule has 0 aromatic rings. The molecular weight excluding hydrogens is 324 g/mol. The molecule has 1 N–H and O–H groups in total. The fraction of sp³-hybridized carbons (Fsp3) is 0.812. The van der Waals surface area contributed by atoms with Crippen LogP contribution in [0.3, 0.4) is 0 Å². The van der Waals surface area contributed by atoms with Crippen molar-refractivity contribution in [1.29, 1.82) is 0 Å². The first-order valence-electron chi connectivity index (χ1n) is 7.91. The molecule has 0 radical (unpaired) electrons. The molecule has 1 aliphatic carbocycles. The number of allylic oxidation sites excluding steroid dienone is 2. The Labute approximate surface area is 139 Å². The Balaban J connectivity index is 2.77. The van der Waals surface area contributed by atoms with Gasteiger partial charge in [0.1, 0.15) is 11.0 Å². The highest BCUT2D eigenvalue weighted by Crippen LogP contribution is 2.32. The molecule has 1 rings (SSSR count). The van der Waals surface area contributed by atoms with Gasteiger partial charge >= 0.3 is 5.97 Å². The van der Waals surface area contributed by atoms with Crippen LogP contribution in [0.25, 0.3) is 0 Å². The number of hydrogen-bond acceptors (Lipinski definition) is 3. The van der Waals surface area contributed by atoms with Crippen LogP contribution in [-0.2, 0) is 20.5 Å². The molecule has 0 aromatic heterocycles. The van der Waals surface area contributed by atoms with Crippen molar-refractivity contribution in [2.45, 2.75) is 77.6 Å². The standard InChI is InChI=1S/C16H27F2NO3S/c1-10(2)22-15(20)12-8-6-11(7-9-12)13(14(17)18)19-23(21)16(3,4)5/h10,12,14,19H,6-9H2,1-5H3. The number of alkyl halides is 2. The van der Waals surface area contributed by atoms with Crippen molar-refractivity contribution >= 4 is 17.0 Å². The Bertz CT molecular complexity index is 474. The van der Waals surface area contributed by atoms with E-state index < -0.39 is 22.2 Å². The van der Waals surface area contributed by atoms with Gasteiger partial charge in [-0.3, -0.25) is 4.79 Å². The van der Waals surface area contributed by atoms with Gasteiger partial charge in [0.15, 0.2) is 0 Å². The summed E-state index contributed by atoms with van der Waals surface area (Å²) in [5, 5.41) is 0. The molecule has 0 aliphatic heterocycles. The van der Waals surface area contributed by atoms with E-state index >= 15 is 0 Å². The highest BCUT2D eigenvalue weighted by molar-refractivity contribution is 7.84. The number of carbonyl (C=O) groups excluding carboxylic acids is 1. The number of halogens is 2. The highest BCUT2D eigenvalue weighted by Gasteiger charge is 2.30. The van der Waals surface area contributed by atoms with Crippen LogP contribution >= 0.6 is 0 Å². The number of nitrogens with one attached hydrogen (secondary N) is 1. The van der Waals surface area contributed by atoms with Crippen LogP contribution in [0.2, 0.25) is 0 Å². The van der Waals surface area contributed by atoms with Gasteiger partial charge in [0.05, 0.1) is 22.5 Å². The van der Waals surface area contributed by atoms with Crippen LogP contribution in [0, 0.1) is 5.92 Å². The molecule has 0 heterocycles. The summed E-state index contributed by atoms with van der Waals surface area (Å²) in [7, 11) is -1.59. The van der Waals surface area contributed by atoms with Crippen LogP contribution in [0.1, 0.15) is 60.3 Å². The first kappa shape index (κ1) is 20.1. The first-order valence-corrected chi connectivity index (χ1v) is 9.06. The Morgan fingerprint density at radius 1 is 1.26 bits per heavy atom. The Kier molecular flexibility index (Phi) is 7.17. The smallest absolute Gasteiger partial charge is 0.309 e. The zero-order chi connectivity index (χ0) is 17.8. The lowest BCUT2D eigenvalue weighted by Crippen LogP contribution is -2.36. The lowest BCUT2D eigenvalue weighted by Gasteiger charge is -2.27. The van der Waals surface area contributed by atoms with E-state index in [1.54, 1.807) is 34.6 Å². The second-order valence-corrected chi connectivity index (χ2v) is 9.03. The van der Waals surface area contributed by atoms with Crippen molar-refractivity contribution in [3.05, 3.63) is 11.3 Å². The van der Waals surface area contributed by atoms with Gasteiger partial charge in [0.25, 0.3) is 6.43 Å². The van der Waals surface area contributed by atoms with E-state index in [1.807, 2.05) is 0 Å². The molecule has 134 valence electrons. The minimum atomic E-state index is -2.70. The molecule has 23 heavy (non-hydrogen) atoms. The molecular formula is C16H27F2NO3S. The molecule has 1 atom stereocenters. The average Bonchev–Trinajstić information content (AvgIpc) is 2.42. The number of ether oxygens (including phenoxy) is 1. The summed E-state index contributed by atoms with van der Waals surface area (Å²) in [6.45, 7) is 8.74. The maximum atomic E-state index is 13.3. The fourth-order valence-electron chi connectivity index (χ4n) is 2.32. The van der Waals surface area contributed by atoms with E-state index in [2.05, 4.69) is 4.72 Å². The van der Waals surface area contributed by atoms with Crippen LogP contribution in [0.4, 0.5) is 8.78 Å². The van der Waals surface area contributed by atoms with E-state index in [0.29, 0.717) is 31.3 Å². The summed E-state index contributed by atoms with van der Waals surface area (Å²) in [5.74, 6) is -0.503. The molecule has 1 fully saturated rings. The van der Waals surface area contributed by atoms with Crippen molar-refractivity contribution < 1.29 is 22.5 Å². The zero-order valence-corrected chi connectivity index (χ0v) is 15.3. The summed E-state index contributed by atoms with van der Waals surface area (Å²) in [6, 6.07) is 0. The monoisotopic (exact) mass is 351 g/mol. The average molecular weight is 351 g/mol. The third-order valence-electron chi connectivity index (χ3n) is 3.63. The quantitative estimate of drug-likeness (QED) is 0.769. The number of esters is 1. The molecule has 1 saturated carbocycles. The van der Waals surface area contributed by atoms with Gasteiger partial charge in [0, 0.05) is 0 Å². The molecule has 0 amide bonds. The summed E-state index contributed by atoms with van der Waals surface area (Å²) >= 11 is 0. The van der Waals surface area contributed by atoms with Crippen molar-refractivity contribution in [3.8, 4) is 0 Å². The van der Waals surface area contributed by atoms with Gasteiger partial charge in [-0.15, -0.1) is 0 Å². The Morgan fingerprint density at radius 3 is 2.17 bits per heavy atom. The Morgan fingerprint density at radius 2 is 1.78 bits per heavy atom. The molecule has 1 unspecified atom stereocenters. The predicted molar refractivity (Wildman–Crippen MR) is 87.2 cm³/mol. The molecule has 0 saturated heterocycles. The number of carbonyl (C=O) groups is 1. The lowest BCUT2D eigenvalue weighted by atomic mass is 9.85. The topological polar surface area (TPSA) is 55.4 Å². The molecule has 7 heteroatoms. The van der Waals surface area contributed by atoms with Crippen molar-refractivity contribution in [2.75, 3.05) is 0 Å². The molecule has 4 nitrogen and oxygen atoms in total. The van der Waals surface area contributed by atoms with E-state index in [9.17, 15) is 17.8 Å². The van der Waals surface area contributed by atoms with E-state index in [-0.39, 0.29) is 23.7 Å². The highest BCUT2D eigenvalue weighted by atomic mass is 32.2. The third-order valence-corrected chi connectivity index (χ3v) is 5.15. The molecule has 0 spiro atoms. The first-order chi connectivity index (χ1) is 10.5. The van der Waals surface area contributed by atoms with Crippen molar-refractivity contribution in [2.24, 2.45) is 5.92 Å². The predicted octanol–water partition coefficient (Wildman–Crippen LogP) is 3.70. The molecule has 0 bridgehead atoms. The van der Waals surface area contributed by atoms with Crippen LogP contribution in [0.15, 0.2) is 11.3 Å². The summed E-state index contributed by atoms with van der Waals surface area (Å²) < 4.78 is 45.7. The second kappa shape index (κ2) is 8.22. The summed E-state index contributed by atoms with van der Waals surface area (Å²) in [5.41, 5.74) is 0.320. The van der Waals surface area contributed by atoms with Gasteiger partial charge in [-0.2, -0.15) is 0 Å². The second-order valence-electron chi connectivity index (χ2n) is 7.06. The van der Waals surface area contributed by atoms with Crippen LogP contribution in [0.5, 0.6) is 0 Å². The molecule has 0 aromatic carbocycles. The van der Waals surface area contributed by atoms with Gasteiger partial charge < -0.3 is 9.46 Å².